The first-order valence-electron chi connectivity index (χ1n) is 10.6. The van der Waals surface area contributed by atoms with Gasteiger partial charge in [-0.2, -0.15) is 13.2 Å². The van der Waals surface area contributed by atoms with Crippen LogP contribution in [0.2, 0.25) is 0 Å². The van der Waals surface area contributed by atoms with Crippen molar-refractivity contribution in [1.29, 1.82) is 0 Å². The maximum Gasteiger partial charge on any atom is 0.416 e. The average Bonchev–Trinajstić information content (AvgIpc) is 3.10. The summed E-state index contributed by atoms with van der Waals surface area (Å²) in [7, 11) is 0. The zero-order chi connectivity index (χ0) is 23.4. The number of carbonyl (C=O) groups excluding carboxylic acids is 1. The number of fused-ring (bicyclic) bond motifs is 3. The van der Waals surface area contributed by atoms with E-state index < -0.39 is 17.8 Å². The monoisotopic (exact) mass is 452 g/mol. The van der Waals surface area contributed by atoms with Crippen LogP contribution in [0.15, 0.2) is 72.8 Å². The Balaban J connectivity index is 1.30. The Bertz CT molecular complexity index is 1140. The molecule has 0 aromatic heterocycles. The molecule has 0 atom stereocenters. The fourth-order valence-corrected chi connectivity index (χ4v) is 4.09. The summed E-state index contributed by atoms with van der Waals surface area (Å²) < 4.78 is 44.8. The van der Waals surface area contributed by atoms with Crippen molar-refractivity contribution in [2.75, 3.05) is 18.9 Å². The minimum atomic E-state index is -4.47. The molecule has 3 aromatic carbocycles. The van der Waals surface area contributed by atoms with Crippen molar-refractivity contribution in [3.63, 3.8) is 0 Å². The number of halogens is 3. The van der Waals surface area contributed by atoms with E-state index in [0.717, 1.165) is 28.3 Å². The lowest BCUT2D eigenvalue weighted by Crippen LogP contribution is -2.26. The minimum absolute atomic E-state index is 0.0105. The number of hydrogen-bond acceptors (Lipinski definition) is 3. The Morgan fingerprint density at radius 3 is 2.27 bits per heavy atom. The molecule has 0 bridgehead atoms. The lowest BCUT2D eigenvalue weighted by molar-refractivity contribution is -0.137. The highest BCUT2D eigenvalue weighted by Crippen LogP contribution is 2.44. The molecule has 170 valence electrons. The van der Waals surface area contributed by atoms with Crippen LogP contribution >= 0.6 is 0 Å². The molecule has 0 spiro atoms. The van der Waals surface area contributed by atoms with Gasteiger partial charge in [0.1, 0.15) is 6.61 Å². The number of carbonyl (C=O) groups is 1. The molecule has 3 aromatic rings. The highest BCUT2D eigenvalue weighted by atomic mass is 19.4. The summed E-state index contributed by atoms with van der Waals surface area (Å²) in [5, 5.41) is 2.64. The molecule has 7 heteroatoms. The first-order valence-corrected chi connectivity index (χ1v) is 10.6. The van der Waals surface area contributed by atoms with Gasteiger partial charge in [-0.05, 0) is 52.4 Å². The molecule has 1 amide bonds. The van der Waals surface area contributed by atoms with E-state index >= 15 is 0 Å². The van der Waals surface area contributed by atoms with E-state index in [-0.39, 0.29) is 30.3 Å². The molecule has 0 aliphatic heterocycles. The quantitative estimate of drug-likeness (QED) is 0.344. The van der Waals surface area contributed by atoms with Gasteiger partial charge in [-0.1, -0.05) is 60.7 Å². The van der Waals surface area contributed by atoms with E-state index in [9.17, 15) is 18.0 Å². The van der Waals surface area contributed by atoms with Gasteiger partial charge < -0.3 is 15.8 Å². The van der Waals surface area contributed by atoms with Crippen LogP contribution in [0.1, 0.15) is 34.6 Å². The summed E-state index contributed by atoms with van der Waals surface area (Å²) >= 11 is 0. The van der Waals surface area contributed by atoms with Crippen molar-refractivity contribution in [3.8, 4) is 11.1 Å². The number of rotatable bonds is 6. The second-order valence-corrected chi connectivity index (χ2v) is 7.79. The summed E-state index contributed by atoms with van der Waals surface area (Å²) in [6.07, 6.45) is -1.76. The van der Waals surface area contributed by atoms with Gasteiger partial charge >= 0.3 is 12.3 Å². The number of anilines is 1. The van der Waals surface area contributed by atoms with E-state index in [2.05, 4.69) is 17.4 Å². The van der Waals surface area contributed by atoms with E-state index in [1.165, 1.54) is 18.2 Å². The second kappa shape index (κ2) is 9.40. The highest BCUT2D eigenvalue weighted by molar-refractivity contribution is 5.79. The molecular formula is C26H23F3N2O2. The van der Waals surface area contributed by atoms with Crippen LogP contribution < -0.4 is 11.1 Å². The number of amides is 1. The highest BCUT2D eigenvalue weighted by Gasteiger charge is 2.32. The van der Waals surface area contributed by atoms with Crippen molar-refractivity contribution in [3.05, 3.63) is 95.1 Å². The van der Waals surface area contributed by atoms with Crippen LogP contribution in [0.5, 0.6) is 0 Å². The molecule has 4 nitrogen and oxygen atoms in total. The zero-order valence-corrected chi connectivity index (χ0v) is 17.7. The predicted octanol–water partition coefficient (Wildman–Crippen LogP) is 6.23. The van der Waals surface area contributed by atoms with E-state index in [1.807, 2.05) is 36.4 Å². The smallest absolute Gasteiger partial charge is 0.416 e. The number of benzene rings is 3. The predicted molar refractivity (Wildman–Crippen MR) is 123 cm³/mol. The second-order valence-electron chi connectivity index (χ2n) is 7.79. The molecule has 1 aliphatic rings. The van der Waals surface area contributed by atoms with Crippen LogP contribution in [0, 0.1) is 0 Å². The third-order valence-corrected chi connectivity index (χ3v) is 5.60. The number of alkyl carbamates (subject to hydrolysis) is 1. The summed E-state index contributed by atoms with van der Waals surface area (Å²) in [6, 6.07) is 19.6. The van der Waals surface area contributed by atoms with Crippen molar-refractivity contribution in [1.82, 2.24) is 5.32 Å². The lowest BCUT2D eigenvalue weighted by Gasteiger charge is -2.14. The molecule has 33 heavy (non-hydrogen) atoms. The lowest BCUT2D eigenvalue weighted by atomic mass is 9.98. The zero-order valence-electron chi connectivity index (χ0n) is 17.7. The van der Waals surface area contributed by atoms with Crippen LogP contribution in [0.25, 0.3) is 17.2 Å². The van der Waals surface area contributed by atoms with Crippen molar-refractivity contribution in [2.45, 2.75) is 18.5 Å². The molecule has 0 radical (unpaired) electrons. The van der Waals surface area contributed by atoms with E-state index in [4.69, 9.17) is 10.5 Å². The third-order valence-electron chi connectivity index (χ3n) is 5.60. The summed E-state index contributed by atoms with van der Waals surface area (Å²) in [4.78, 5) is 12.2. The van der Waals surface area contributed by atoms with Crippen molar-refractivity contribution in [2.24, 2.45) is 0 Å². The number of nitrogen functional groups attached to an aromatic ring is 1. The van der Waals surface area contributed by atoms with Crippen LogP contribution in [-0.4, -0.2) is 19.2 Å². The van der Waals surface area contributed by atoms with Crippen LogP contribution in [-0.2, 0) is 10.9 Å². The van der Waals surface area contributed by atoms with Gasteiger partial charge in [0.15, 0.2) is 0 Å². The Morgan fingerprint density at radius 2 is 1.64 bits per heavy atom. The number of hydrogen-bond donors (Lipinski definition) is 2. The molecule has 4 rings (SSSR count). The first kappa shape index (κ1) is 22.5. The number of ether oxygens (including phenoxy) is 1. The molecule has 1 aliphatic carbocycles. The van der Waals surface area contributed by atoms with Gasteiger partial charge in [0, 0.05) is 18.2 Å². The standard InChI is InChI=1S/C26H23F3N2O2/c27-26(28,29)24-13-12-18(30)15-17(24)7-5-6-14-31-25(32)33-16-23-21-10-3-1-8-19(21)20-9-2-4-11-22(20)23/h1-5,7-13,15,23H,6,14,16,30H2,(H,31,32). The van der Waals surface area contributed by atoms with Crippen molar-refractivity contribution < 1.29 is 22.7 Å². The Morgan fingerprint density at radius 1 is 1.00 bits per heavy atom. The molecule has 3 N–H and O–H groups in total. The van der Waals surface area contributed by atoms with Gasteiger partial charge in [-0.3, -0.25) is 0 Å². The number of alkyl halides is 3. The Hall–Kier alpha value is -3.74. The molecule has 0 heterocycles. The SMILES string of the molecule is Nc1ccc(C(F)(F)F)c(C=CCCNC(=O)OCC2c3ccccc3-c3ccccc32)c1. The summed E-state index contributed by atoms with van der Waals surface area (Å²) in [6.45, 7) is 0.435. The number of nitrogens with two attached hydrogens (primary N) is 1. The van der Waals surface area contributed by atoms with Crippen molar-refractivity contribution >= 4 is 17.9 Å². The molecule has 0 fully saturated rings. The Kier molecular flexibility index (Phi) is 6.40. The largest absolute Gasteiger partial charge is 0.449 e. The molecule has 0 unspecified atom stereocenters. The van der Waals surface area contributed by atoms with Gasteiger partial charge in [-0.25, -0.2) is 4.79 Å². The van der Waals surface area contributed by atoms with Crippen LogP contribution in [0.3, 0.4) is 0 Å². The van der Waals surface area contributed by atoms with E-state index in [1.54, 1.807) is 6.08 Å². The van der Waals surface area contributed by atoms with Gasteiger partial charge in [0.25, 0.3) is 0 Å². The topological polar surface area (TPSA) is 64.3 Å². The van der Waals surface area contributed by atoms with Gasteiger partial charge in [0.05, 0.1) is 5.56 Å². The molecular weight excluding hydrogens is 429 g/mol. The minimum Gasteiger partial charge on any atom is -0.449 e. The first-order chi connectivity index (χ1) is 15.8. The average molecular weight is 452 g/mol. The normalized spacial score (nSPS) is 13.1. The van der Waals surface area contributed by atoms with Crippen LogP contribution in [0.4, 0.5) is 23.7 Å². The van der Waals surface area contributed by atoms with Gasteiger partial charge in [0.2, 0.25) is 0 Å². The number of nitrogens with one attached hydrogen (secondary N) is 1. The molecule has 0 saturated heterocycles. The van der Waals surface area contributed by atoms with E-state index in [0.29, 0.717) is 6.42 Å². The maximum absolute atomic E-state index is 13.1. The fourth-order valence-electron chi connectivity index (χ4n) is 4.09. The maximum atomic E-state index is 13.1. The fraction of sp³-hybridized carbons (Fsp3) is 0.192. The van der Waals surface area contributed by atoms with Gasteiger partial charge in [-0.15, -0.1) is 0 Å². The summed E-state index contributed by atoms with van der Waals surface area (Å²) in [5.41, 5.74) is 9.63. The summed E-state index contributed by atoms with van der Waals surface area (Å²) in [5.74, 6) is -0.0348. The Labute approximate surface area is 189 Å². The molecule has 0 saturated carbocycles. The third kappa shape index (κ3) is 5.03.